The molecule has 0 saturated carbocycles. The van der Waals surface area contributed by atoms with Crippen molar-refractivity contribution in [2.45, 2.75) is 44.2 Å². The molecule has 2 unspecified atom stereocenters. The molecular weight excluding hydrogens is 412 g/mol. The number of phenols is 1. The Morgan fingerprint density at radius 1 is 1.14 bits per heavy atom. The lowest BCUT2D eigenvalue weighted by Crippen LogP contribution is -2.47. The van der Waals surface area contributed by atoms with E-state index < -0.39 is 22.2 Å². The summed E-state index contributed by atoms with van der Waals surface area (Å²) in [4.78, 5) is -0.0257. The number of phenolic OH excluding ortho intramolecular Hbond substituents is 1. The molecule has 2 rings (SSSR count). The van der Waals surface area contributed by atoms with Crippen LogP contribution in [0.4, 0.5) is 0 Å². The number of sulfonamides is 1. The predicted molar refractivity (Wildman–Crippen MR) is 116 cm³/mol. The van der Waals surface area contributed by atoms with Crippen molar-refractivity contribution >= 4 is 21.6 Å². The molecule has 6 nitrogen and oxygen atoms in total. The molecule has 0 amide bonds. The van der Waals surface area contributed by atoms with E-state index in [9.17, 15) is 18.6 Å². The maximum atomic E-state index is 13.2. The summed E-state index contributed by atoms with van der Waals surface area (Å²) in [6.07, 6.45) is -0.612. The first-order valence-corrected chi connectivity index (χ1v) is 11.3. The van der Waals surface area contributed by atoms with Crippen molar-refractivity contribution in [3.63, 3.8) is 0 Å². The molecule has 2 atom stereocenters. The Labute approximate surface area is 178 Å². The van der Waals surface area contributed by atoms with Gasteiger partial charge in [0.25, 0.3) is 0 Å². The number of hydrogen-bond donors (Lipinski definition) is 3. The molecule has 0 saturated heterocycles. The first kappa shape index (κ1) is 23.6. The molecule has 0 aliphatic carbocycles. The zero-order chi connectivity index (χ0) is 21.8. The van der Waals surface area contributed by atoms with Crippen LogP contribution >= 0.6 is 11.6 Å². The number of aryl methyl sites for hydroxylation is 1. The van der Waals surface area contributed by atoms with Crippen LogP contribution in [-0.2, 0) is 16.4 Å². The SMILES string of the molecule is Cc1cc(S(=O)(=O)N(CC(C)C)CC(O)C(N)Cc2ccccc2)cc(Cl)c1O. The molecule has 0 aliphatic heterocycles. The summed E-state index contributed by atoms with van der Waals surface area (Å²) in [5, 5.41) is 20.4. The number of aliphatic hydroxyl groups excluding tert-OH is 1. The highest BCUT2D eigenvalue weighted by molar-refractivity contribution is 7.89. The minimum atomic E-state index is -3.94. The number of hydrogen-bond acceptors (Lipinski definition) is 5. The molecule has 160 valence electrons. The minimum absolute atomic E-state index is 0.0257. The number of halogens is 1. The number of nitrogens with zero attached hydrogens (tertiary/aromatic N) is 1. The van der Waals surface area contributed by atoms with Gasteiger partial charge in [-0.1, -0.05) is 55.8 Å². The maximum Gasteiger partial charge on any atom is 0.243 e. The summed E-state index contributed by atoms with van der Waals surface area (Å²) in [7, 11) is -3.94. The van der Waals surface area contributed by atoms with Gasteiger partial charge in [-0.3, -0.25) is 0 Å². The fourth-order valence-electron chi connectivity index (χ4n) is 3.05. The third kappa shape index (κ3) is 6.17. The highest BCUT2D eigenvalue weighted by Gasteiger charge is 2.30. The van der Waals surface area contributed by atoms with Crippen LogP contribution in [0.15, 0.2) is 47.4 Å². The van der Waals surface area contributed by atoms with Gasteiger partial charge in [0.15, 0.2) is 0 Å². The van der Waals surface area contributed by atoms with E-state index in [4.69, 9.17) is 17.3 Å². The zero-order valence-electron chi connectivity index (χ0n) is 16.9. The van der Waals surface area contributed by atoms with E-state index in [1.165, 1.54) is 16.4 Å². The van der Waals surface area contributed by atoms with Gasteiger partial charge in [-0.25, -0.2) is 8.42 Å². The highest BCUT2D eigenvalue weighted by Crippen LogP contribution is 2.31. The van der Waals surface area contributed by atoms with Crippen LogP contribution in [0.1, 0.15) is 25.0 Å². The molecule has 4 N–H and O–H groups in total. The Bertz CT molecular complexity index is 897. The molecule has 0 aliphatic rings. The summed E-state index contributed by atoms with van der Waals surface area (Å²) in [5.74, 6) is -0.109. The fourth-order valence-corrected chi connectivity index (χ4v) is 5.11. The second kappa shape index (κ2) is 9.91. The standard InChI is InChI=1S/C21H29ClN2O4S/c1-14(2)12-24(13-20(25)19(23)10-16-7-5-4-6-8-16)29(27,28)17-9-15(3)21(26)18(22)11-17/h4-9,11,14,19-20,25-26H,10,12-13,23H2,1-3H3. The third-order valence-electron chi connectivity index (χ3n) is 4.63. The van der Waals surface area contributed by atoms with E-state index >= 15 is 0 Å². The largest absolute Gasteiger partial charge is 0.506 e. The molecule has 2 aromatic rings. The van der Waals surface area contributed by atoms with E-state index in [1.807, 2.05) is 44.2 Å². The third-order valence-corrected chi connectivity index (χ3v) is 6.73. The average molecular weight is 441 g/mol. The number of benzene rings is 2. The molecule has 0 heterocycles. The normalized spacial score (nSPS) is 14.3. The van der Waals surface area contributed by atoms with Crippen LogP contribution in [0, 0.1) is 12.8 Å². The molecule has 0 fully saturated rings. The molecule has 2 aromatic carbocycles. The van der Waals surface area contributed by atoms with E-state index in [0.717, 1.165) is 5.56 Å². The van der Waals surface area contributed by atoms with Gasteiger partial charge in [-0.2, -0.15) is 4.31 Å². The van der Waals surface area contributed by atoms with Crippen molar-refractivity contribution in [3.05, 3.63) is 58.6 Å². The first-order chi connectivity index (χ1) is 13.5. The Balaban J connectivity index is 2.26. The smallest absolute Gasteiger partial charge is 0.243 e. The summed E-state index contributed by atoms with van der Waals surface area (Å²) >= 11 is 5.98. The Morgan fingerprint density at radius 2 is 1.76 bits per heavy atom. The number of rotatable bonds is 9. The van der Waals surface area contributed by atoms with Crippen molar-refractivity contribution in [1.29, 1.82) is 0 Å². The van der Waals surface area contributed by atoms with Gasteiger partial charge in [0, 0.05) is 19.1 Å². The van der Waals surface area contributed by atoms with Gasteiger partial charge in [0.05, 0.1) is 16.0 Å². The molecule has 0 aromatic heterocycles. The van der Waals surface area contributed by atoms with Crippen molar-refractivity contribution in [1.82, 2.24) is 4.31 Å². The fraction of sp³-hybridized carbons (Fsp3) is 0.429. The maximum absolute atomic E-state index is 13.2. The zero-order valence-corrected chi connectivity index (χ0v) is 18.5. The topological polar surface area (TPSA) is 104 Å². The molecule has 0 bridgehead atoms. The second-order valence-electron chi connectivity index (χ2n) is 7.71. The van der Waals surface area contributed by atoms with Gasteiger partial charge in [0.2, 0.25) is 10.0 Å². The highest BCUT2D eigenvalue weighted by atomic mass is 35.5. The number of aliphatic hydroxyl groups is 1. The summed E-state index contributed by atoms with van der Waals surface area (Å²) in [6, 6.07) is 11.5. The lowest BCUT2D eigenvalue weighted by molar-refractivity contribution is 0.116. The summed E-state index contributed by atoms with van der Waals surface area (Å²) < 4.78 is 27.7. The van der Waals surface area contributed by atoms with Crippen LogP contribution in [0.5, 0.6) is 5.75 Å². The van der Waals surface area contributed by atoms with Gasteiger partial charge in [-0.05, 0) is 42.5 Å². The van der Waals surface area contributed by atoms with Crippen molar-refractivity contribution in [3.8, 4) is 5.75 Å². The molecule has 0 radical (unpaired) electrons. The van der Waals surface area contributed by atoms with Crippen LogP contribution in [0.2, 0.25) is 5.02 Å². The van der Waals surface area contributed by atoms with E-state index in [2.05, 4.69) is 0 Å². The Hall–Kier alpha value is -1.64. The van der Waals surface area contributed by atoms with E-state index in [1.54, 1.807) is 6.92 Å². The van der Waals surface area contributed by atoms with Crippen molar-refractivity contribution in [2.75, 3.05) is 13.1 Å². The van der Waals surface area contributed by atoms with E-state index in [-0.39, 0.29) is 34.7 Å². The molecule has 29 heavy (non-hydrogen) atoms. The summed E-state index contributed by atoms with van der Waals surface area (Å²) in [6.45, 7) is 5.46. The molecule has 0 spiro atoms. The minimum Gasteiger partial charge on any atom is -0.506 e. The van der Waals surface area contributed by atoms with Crippen molar-refractivity contribution in [2.24, 2.45) is 11.7 Å². The van der Waals surface area contributed by atoms with Crippen LogP contribution in [0.25, 0.3) is 0 Å². The van der Waals surface area contributed by atoms with Gasteiger partial charge in [0.1, 0.15) is 5.75 Å². The monoisotopic (exact) mass is 440 g/mol. The number of nitrogens with two attached hydrogens (primary N) is 1. The van der Waals surface area contributed by atoms with Crippen molar-refractivity contribution < 1.29 is 18.6 Å². The van der Waals surface area contributed by atoms with Crippen LogP contribution in [-0.4, -0.2) is 48.2 Å². The Kier molecular flexibility index (Phi) is 8.08. The average Bonchev–Trinajstić information content (AvgIpc) is 2.65. The molecule has 8 heteroatoms. The lowest BCUT2D eigenvalue weighted by atomic mass is 10.0. The van der Waals surface area contributed by atoms with Crippen LogP contribution in [0.3, 0.4) is 0 Å². The summed E-state index contributed by atoms with van der Waals surface area (Å²) in [5.41, 5.74) is 7.49. The lowest BCUT2D eigenvalue weighted by Gasteiger charge is -2.29. The number of aromatic hydroxyl groups is 1. The second-order valence-corrected chi connectivity index (χ2v) is 10.1. The van der Waals surface area contributed by atoms with Gasteiger partial charge in [-0.15, -0.1) is 0 Å². The van der Waals surface area contributed by atoms with Crippen LogP contribution < -0.4 is 5.73 Å². The van der Waals surface area contributed by atoms with E-state index in [0.29, 0.717) is 12.0 Å². The predicted octanol–water partition coefficient (Wildman–Crippen LogP) is 2.93. The van der Waals surface area contributed by atoms with Gasteiger partial charge < -0.3 is 15.9 Å². The molecular formula is C21H29ClN2O4S. The Morgan fingerprint density at radius 3 is 2.31 bits per heavy atom. The quantitative estimate of drug-likeness (QED) is 0.556. The first-order valence-electron chi connectivity index (χ1n) is 9.49. The van der Waals surface area contributed by atoms with Gasteiger partial charge >= 0.3 is 0 Å².